The molecule has 0 saturated heterocycles. The maximum atomic E-state index is 2.55. The van der Waals surface area contributed by atoms with Crippen LogP contribution in [0.1, 0.15) is 5.56 Å². The summed E-state index contributed by atoms with van der Waals surface area (Å²) in [5.74, 6) is 0. The largest absolute Gasteiger partial charge is 0.376 e. The molecule has 5 aromatic rings. The normalized spacial score (nSPS) is 12.9. The lowest BCUT2D eigenvalue weighted by molar-refractivity contribution is 1.34. The van der Waals surface area contributed by atoms with Crippen molar-refractivity contribution >= 4 is 29.1 Å². The maximum absolute atomic E-state index is 2.55. The molecule has 33 heavy (non-hydrogen) atoms. The second-order valence-corrected chi connectivity index (χ2v) is 9.07. The van der Waals surface area contributed by atoms with Crippen molar-refractivity contribution in [3.05, 3.63) is 121 Å². The van der Waals surface area contributed by atoms with Gasteiger partial charge in [0, 0.05) is 22.5 Å². The second kappa shape index (κ2) is 6.98. The van der Waals surface area contributed by atoms with Gasteiger partial charge in [0.2, 0.25) is 0 Å². The highest BCUT2D eigenvalue weighted by molar-refractivity contribution is 6.92. The molecule has 0 saturated carbocycles. The van der Waals surface area contributed by atoms with E-state index in [0.717, 1.165) is 0 Å². The Morgan fingerprint density at radius 3 is 2.06 bits per heavy atom. The van der Waals surface area contributed by atoms with Gasteiger partial charge in [0.1, 0.15) is 0 Å². The summed E-state index contributed by atoms with van der Waals surface area (Å²) in [6.45, 7) is 2.35. The average molecular weight is 419 g/mol. The van der Waals surface area contributed by atoms with Gasteiger partial charge in [0.15, 0.2) is 0 Å². The van der Waals surface area contributed by atoms with Crippen molar-refractivity contribution in [1.82, 2.24) is 0 Å². The van der Waals surface area contributed by atoms with Gasteiger partial charge in [-0.05, 0) is 58.3 Å². The predicted octanol–water partition coefficient (Wildman–Crippen LogP) is 6.57. The summed E-state index contributed by atoms with van der Waals surface area (Å²) in [4.78, 5) is 2.55. The minimum atomic E-state index is 0.168. The van der Waals surface area contributed by atoms with Crippen LogP contribution in [0.5, 0.6) is 0 Å². The van der Waals surface area contributed by atoms with Crippen molar-refractivity contribution < 1.29 is 0 Å². The van der Waals surface area contributed by atoms with Crippen molar-refractivity contribution in [2.45, 2.75) is 6.92 Å². The number of benzene rings is 5. The van der Waals surface area contributed by atoms with Gasteiger partial charge in [-0.3, -0.25) is 0 Å². The van der Waals surface area contributed by atoms with Gasteiger partial charge < -0.3 is 4.81 Å². The van der Waals surface area contributed by atoms with Crippen LogP contribution in [0.4, 0.5) is 11.4 Å². The molecule has 0 unspecified atom stereocenters. The summed E-state index contributed by atoms with van der Waals surface area (Å²) in [6.07, 6.45) is 0. The number of nitrogens with zero attached hydrogens (tertiary/aromatic N) is 1. The number of fused-ring (bicyclic) bond motifs is 11. The lowest BCUT2D eigenvalue weighted by Crippen LogP contribution is -2.59. The van der Waals surface area contributed by atoms with Crippen LogP contribution < -0.4 is 15.7 Å². The summed E-state index contributed by atoms with van der Waals surface area (Å²) in [5.41, 5.74) is 14.4. The van der Waals surface area contributed by atoms with Gasteiger partial charge in [0.25, 0.3) is 0 Å². The van der Waals surface area contributed by atoms with Crippen LogP contribution in [-0.4, -0.2) is 6.85 Å². The number of anilines is 2. The lowest BCUT2D eigenvalue weighted by atomic mass is 9.43. The first-order chi connectivity index (χ1) is 16.3. The van der Waals surface area contributed by atoms with E-state index in [0.29, 0.717) is 0 Å². The Balaban J connectivity index is 1.54. The molecule has 0 amide bonds. The van der Waals surface area contributed by atoms with E-state index in [1.165, 1.54) is 61.2 Å². The molecule has 2 heteroatoms. The molecule has 5 aromatic carbocycles. The van der Waals surface area contributed by atoms with Crippen molar-refractivity contribution in [1.29, 1.82) is 0 Å². The van der Waals surface area contributed by atoms with E-state index < -0.39 is 0 Å². The number of hydrogen-bond donors (Lipinski definition) is 0. The van der Waals surface area contributed by atoms with Crippen molar-refractivity contribution in [3.63, 3.8) is 0 Å². The molecule has 7 rings (SSSR count). The van der Waals surface area contributed by atoms with Crippen LogP contribution in [0.3, 0.4) is 0 Å². The maximum Gasteiger partial charge on any atom is 0.329 e. The fraction of sp³-hybridized carbons (Fsp3) is 0.0323. The first kappa shape index (κ1) is 18.5. The molecule has 0 aliphatic carbocycles. The van der Waals surface area contributed by atoms with E-state index in [-0.39, 0.29) is 6.85 Å². The monoisotopic (exact) mass is 419 g/mol. The Kier molecular flexibility index (Phi) is 3.92. The Morgan fingerprint density at radius 2 is 1.18 bits per heavy atom. The fourth-order valence-electron chi connectivity index (χ4n) is 5.66. The molecule has 0 spiro atoms. The Bertz CT molecular complexity index is 1540. The standard InChI is InChI=1S/C31H22BN/c1-21-15-17-29-26(19-21)25-12-6-8-14-30(25)33-31-18-16-23(22-9-3-2-4-10-22)20-27(31)24-11-5-7-13-28(24)32(29)33/h2-20H,1H3. The topological polar surface area (TPSA) is 3.24 Å². The second-order valence-electron chi connectivity index (χ2n) is 9.07. The highest BCUT2D eigenvalue weighted by Crippen LogP contribution is 2.46. The molecule has 2 heterocycles. The highest BCUT2D eigenvalue weighted by atomic mass is 15.1. The summed E-state index contributed by atoms with van der Waals surface area (Å²) in [6, 6.07) is 42.4. The van der Waals surface area contributed by atoms with Crippen LogP contribution >= 0.6 is 0 Å². The number of hydrogen-bond acceptors (Lipinski definition) is 1. The van der Waals surface area contributed by atoms with E-state index in [9.17, 15) is 0 Å². The van der Waals surface area contributed by atoms with E-state index in [4.69, 9.17) is 0 Å². The third kappa shape index (κ3) is 2.67. The molecule has 2 aliphatic rings. The Morgan fingerprint density at radius 1 is 0.485 bits per heavy atom. The zero-order valence-corrected chi connectivity index (χ0v) is 18.5. The third-order valence-corrected chi connectivity index (χ3v) is 7.12. The van der Waals surface area contributed by atoms with E-state index >= 15 is 0 Å². The van der Waals surface area contributed by atoms with E-state index in [1.807, 2.05) is 0 Å². The van der Waals surface area contributed by atoms with Crippen molar-refractivity contribution in [3.8, 4) is 33.4 Å². The minimum Gasteiger partial charge on any atom is -0.376 e. The molecule has 0 atom stereocenters. The van der Waals surface area contributed by atoms with Crippen molar-refractivity contribution in [2.24, 2.45) is 0 Å². The van der Waals surface area contributed by atoms with Crippen molar-refractivity contribution in [2.75, 3.05) is 4.81 Å². The summed E-state index contributed by atoms with van der Waals surface area (Å²) >= 11 is 0. The Hall–Kier alpha value is -4.04. The fourth-order valence-corrected chi connectivity index (χ4v) is 5.66. The molecule has 0 bridgehead atoms. The van der Waals surface area contributed by atoms with Gasteiger partial charge >= 0.3 is 6.85 Å². The van der Waals surface area contributed by atoms with Gasteiger partial charge in [-0.1, -0.05) is 103 Å². The molecule has 0 N–H and O–H groups in total. The Labute approximate surface area is 195 Å². The summed E-state index contributed by atoms with van der Waals surface area (Å²) in [5, 5.41) is 0. The molecule has 0 aromatic heterocycles. The molecule has 0 radical (unpaired) electrons. The number of para-hydroxylation sites is 1. The van der Waals surface area contributed by atoms with E-state index in [2.05, 4.69) is 127 Å². The van der Waals surface area contributed by atoms with Crippen LogP contribution in [-0.2, 0) is 0 Å². The molecular formula is C31H22BN. The number of rotatable bonds is 1. The summed E-state index contributed by atoms with van der Waals surface area (Å²) in [7, 11) is 0. The molecule has 0 fully saturated rings. The highest BCUT2D eigenvalue weighted by Gasteiger charge is 2.41. The van der Waals surface area contributed by atoms with E-state index in [1.54, 1.807) is 0 Å². The van der Waals surface area contributed by atoms with Crippen LogP contribution in [0.2, 0.25) is 0 Å². The number of aryl methyl sites for hydroxylation is 1. The summed E-state index contributed by atoms with van der Waals surface area (Å²) < 4.78 is 0. The van der Waals surface area contributed by atoms with Crippen LogP contribution in [0, 0.1) is 6.92 Å². The molecule has 1 nitrogen and oxygen atoms in total. The minimum absolute atomic E-state index is 0.168. The SMILES string of the molecule is Cc1ccc2c(c1)-c1ccccc1N1B2c2ccccc2-c2cc(-c3ccccc3)ccc21. The van der Waals surface area contributed by atoms with Gasteiger partial charge in [0.05, 0.1) is 0 Å². The van der Waals surface area contributed by atoms with Crippen LogP contribution in [0.25, 0.3) is 33.4 Å². The van der Waals surface area contributed by atoms with Crippen LogP contribution in [0.15, 0.2) is 115 Å². The zero-order valence-electron chi connectivity index (χ0n) is 18.5. The van der Waals surface area contributed by atoms with Gasteiger partial charge in [-0.15, -0.1) is 0 Å². The first-order valence-corrected chi connectivity index (χ1v) is 11.6. The smallest absolute Gasteiger partial charge is 0.329 e. The molecular weight excluding hydrogens is 397 g/mol. The quantitative estimate of drug-likeness (QED) is 0.278. The molecule has 2 aliphatic heterocycles. The predicted molar refractivity (Wildman–Crippen MR) is 141 cm³/mol. The van der Waals surface area contributed by atoms with Gasteiger partial charge in [-0.2, -0.15) is 0 Å². The van der Waals surface area contributed by atoms with Gasteiger partial charge in [-0.25, -0.2) is 0 Å². The zero-order chi connectivity index (χ0) is 21.9. The first-order valence-electron chi connectivity index (χ1n) is 11.6. The lowest BCUT2D eigenvalue weighted by Gasteiger charge is -2.43. The molecule has 154 valence electrons. The third-order valence-electron chi connectivity index (χ3n) is 7.12. The average Bonchev–Trinajstić information content (AvgIpc) is 2.88.